The van der Waals surface area contributed by atoms with Gasteiger partial charge >= 0.3 is 5.97 Å². The molecule has 1 heterocycles. The predicted molar refractivity (Wildman–Crippen MR) is 65.4 cm³/mol. The van der Waals surface area contributed by atoms with Crippen molar-refractivity contribution in [2.24, 2.45) is 0 Å². The monoisotopic (exact) mass is 298 g/mol. The molecular formula is C12H11BrO4. The Labute approximate surface area is 107 Å². The van der Waals surface area contributed by atoms with E-state index in [4.69, 9.17) is 14.2 Å². The lowest BCUT2D eigenvalue weighted by atomic mass is 10.1. The second kappa shape index (κ2) is 5.23. The number of benzene rings is 1. The van der Waals surface area contributed by atoms with E-state index < -0.39 is 4.83 Å². The van der Waals surface area contributed by atoms with Crippen LogP contribution in [0.4, 0.5) is 0 Å². The minimum absolute atomic E-state index is 0.200. The first-order valence-corrected chi connectivity index (χ1v) is 5.95. The van der Waals surface area contributed by atoms with Crippen molar-refractivity contribution in [2.75, 3.05) is 13.4 Å². The Bertz CT molecular complexity index is 444. The standard InChI is InChI=1S/C12H11BrO4/c1-2-5-15-12(14)11(13)8-3-4-9-10(6-8)17-7-16-9/h2-4,6,11H,1,5,7H2. The molecule has 0 bridgehead atoms. The molecule has 4 nitrogen and oxygen atoms in total. The summed E-state index contributed by atoms with van der Waals surface area (Å²) in [6.07, 6.45) is 1.53. The smallest absolute Gasteiger partial charge is 0.324 e. The van der Waals surface area contributed by atoms with Crippen LogP contribution in [0.1, 0.15) is 10.4 Å². The first-order valence-electron chi connectivity index (χ1n) is 5.03. The first-order chi connectivity index (χ1) is 8.22. The molecule has 1 aliphatic rings. The molecule has 0 aromatic heterocycles. The van der Waals surface area contributed by atoms with Crippen molar-refractivity contribution in [2.45, 2.75) is 4.83 Å². The number of hydrogen-bond acceptors (Lipinski definition) is 4. The summed E-state index contributed by atoms with van der Waals surface area (Å²) in [5, 5.41) is 0. The van der Waals surface area contributed by atoms with Gasteiger partial charge in [0.25, 0.3) is 0 Å². The molecule has 1 aromatic rings. The highest BCUT2D eigenvalue weighted by atomic mass is 79.9. The zero-order chi connectivity index (χ0) is 12.3. The summed E-state index contributed by atoms with van der Waals surface area (Å²) in [5.74, 6) is 0.972. The summed E-state index contributed by atoms with van der Waals surface area (Å²) in [4.78, 5) is 11.1. The van der Waals surface area contributed by atoms with Gasteiger partial charge in [0.15, 0.2) is 11.5 Å². The van der Waals surface area contributed by atoms with Crippen molar-refractivity contribution < 1.29 is 19.0 Å². The molecule has 0 aliphatic carbocycles. The number of halogens is 1. The SMILES string of the molecule is C=CCOC(=O)C(Br)c1ccc2c(c1)OCO2. The van der Waals surface area contributed by atoms with Crippen LogP contribution in [0.25, 0.3) is 0 Å². The Kier molecular flexibility index (Phi) is 3.68. The van der Waals surface area contributed by atoms with E-state index in [1.807, 2.05) is 0 Å². The summed E-state index contributed by atoms with van der Waals surface area (Å²) in [5.41, 5.74) is 0.767. The van der Waals surface area contributed by atoms with E-state index in [2.05, 4.69) is 22.5 Å². The fraction of sp³-hybridized carbons (Fsp3) is 0.250. The number of carbonyl (C=O) groups excluding carboxylic acids is 1. The number of fused-ring (bicyclic) bond motifs is 1. The molecule has 2 rings (SSSR count). The quantitative estimate of drug-likeness (QED) is 0.487. The molecule has 5 heteroatoms. The minimum Gasteiger partial charge on any atom is -0.460 e. The molecule has 90 valence electrons. The van der Waals surface area contributed by atoms with Gasteiger partial charge in [-0.3, -0.25) is 4.79 Å². The van der Waals surface area contributed by atoms with Crippen molar-refractivity contribution in [3.8, 4) is 11.5 Å². The Morgan fingerprint density at radius 2 is 2.29 bits per heavy atom. The summed E-state index contributed by atoms with van der Waals surface area (Å²) < 4.78 is 15.4. The second-order valence-corrected chi connectivity index (χ2v) is 4.31. The van der Waals surface area contributed by atoms with Gasteiger partial charge in [0.2, 0.25) is 6.79 Å². The maximum Gasteiger partial charge on any atom is 0.324 e. The van der Waals surface area contributed by atoms with Crippen LogP contribution < -0.4 is 9.47 Å². The first kappa shape index (κ1) is 12.0. The summed E-state index contributed by atoms with van der Waals surface area (Å²) in [7, 11) is 0. The third-order valence-electron chi connectivity index (χ3n) is 2.24. The van der Waals surface area contributed by atoms with E-state index in [-0.39, 0.29) is 19.4 Å². The molecule has 0 fully saturated rings. The molecule has 1 aromatic carbocycles. The van der Waals surface area contributed by atoms with Crippen molar-refractivity contribution >= 4 is 21.9 Å². The van der Waals surface area contributed by atoms with E-state index in [9.17, 15) is 4.79 Å². The van der Waals surface area contributed by atoms with Crippen LogP contribution in [0.5, 0.6) is 11.5 Å². The summed E-state index contributed by atoms with van der Waals surface area (Å²) >= 11 is 3.28. The Morgan fingerprint density at radius 3 is 3.06 bits per heavy atom. The number of rotatable bonds is 4. The van der Waals surface area contributed by atoms with E-state index in [1.54, 1.807) is 18.2 Å². The van der Waals surface area contributed by atoms with Crippen LogP contribution in [0.2, 0.25) is 0 Å². The summed E-state index contributed by atoms with van der Waals surface area (Å²) in [6, 6.07) is 5.33. The maximum atomic E-state index is 11.6. The third kappa shape index (κ3) is 2.61. The number of hydrogen-bond donors (Lipinski definition) is 0. The molecule has 1 atom stereocenters. The second-order valence-electron chi connectivity index (χ2n) is 3.39. The fourth-order valence-electron chi connectivity index (χ4n) is 1.42. The lowest BCUT2D eigenvalue weighted by Gasteiger charge is -2.09. The van der Waals surface area contributed by atoms with Crippen LogP contribution in [-0.2, 0) is 9.53 Å². The average Bonchev–Trinajstić information content (AvgIpc) is 2.81. The van der Waals surface area contributed by atoms with Crippen molar-refractivity contribution in [3.63, 3.8) is 0 Å². The number of esters is 1. The van der Waals surface area contributed by atoms with Gasteiger partial charge in [-0.2, -0.15) is 0 Å². The van der Waals surface area contributed by atoms with Gasteiger partial charge in [-0.1, -0.05) is 34.7 Å². The topological polar surface area (TPSA) is 44.8 Å². The minimum atomic E-state index is -0.517. The van der Waals surface area contributed by atoms with Gasteiger partial charge in [-0.25, -0.2) is 0 Å². The number of carbonyl (C=O) groups is 1. The van der Waals surface area contributed by atoms with Crippen molar-refractivity contribution in [1.82, 2.24) is 0 Å². The van der Waals surface area contributed by atoms with Crippen LogP contribution >= 0.6 is 15.9 Å². The Hall–Kier alpha value is -1.49. The van der Waals surface area contributed by atoms with Crippen molar-refractivity contribution in [1.29, 1.82) is 0 Å². The Morgan fingerprint density at radius 1 is 1.53 bits per heavy atom. The summed E-state index contributed by atoms with van der Waals surface area (Å²) in [6.45, 7) is 3.90. The highest BCUT2D eigenvalue weighted by Crippen LogP contribution is 2.36. The predicted octanol–water partition coefficient (Wildman–Crippen LogP) is 2.58. The van der Waals surface area contributed by atoms with Crippen LogP contribution in [-0.4, -0.2) is 19.4 Å². The van der Waals surface area contributed by atoms with Crippen LogP contribution in [0, 0.1) is 0 Å². The molecule has 0 amide bonds. The van der Waals surface area contributed by atoms with E-state index in [1.165, 1.54) is 6.08 Å². The van der Waals surface area contributed by atoms with E-state index >= 15 is 0 Å². The lowest BCUT2D eigenvalue weighted by Crippen LogP contribution is -2.10. The van der Waals surface area contributed by atoms with Gasteiger partial charge in [-0.05, 0) is 17.7 Å². The third-order valence-corrected chi connectivity index (χ3v) is 3.14. The van der Waals surface area contributed by atoms with Gasteiger partial charge in [0.1, 0.15) is 11.4 Å². The molecule has 17 heavy (non-hydrogen) atoms. The molecule has 1 aliphatic heterocycles. The molecule has 0 N–H and O–H groups in total. The number of ether oxygens (including phenoxy) is 3. The average molecular weight is 299 g/mol. The molecule has 0 saturated heterocycles. The van der Waals surface area contributed by atoms with E-state index in [0.29, 0.717) is 11.5 Å². The van der Waals surface area contributed by atoms with E-state index in [0.717, 1.165) is 5.56 Å². The zero-order valence-electron chi connectivity index (χ0n) is 9.02. The molecule has 0 spiro atoms. The zero-order valence-corrected chi connectivity index (χ0v) is 10.6. The molecule has 0 radical (unpaired) electrons. The molecule has 0 saturated carbocycles. The molecular weight excluding hydrogens is 288 g/mol. The largest absolute Gasteiger partial charge is 0.460 e. The highest BCUT2D eigenvalue weighted by molar-refractivity contribution is 9.09. The maximum absolute atomic E-state index is 11.6. The van der Waals surface area contributed by atoms with Gasteiger partial charge in [-0.15, -0.1) is 0 Å². The van der Waals surface area contributed by atoms with Crippen LogP contribution in [0.15, 0.2) is 30.9 Å². The Balaban J connectivity index is 2.11. The van der Waals surface area contributed by atoms with Crippen molar-refractivity contribution in [3.05, 3.63) is 36.4 Å². The highest BCUT2D eigenvalue weighted by Gasteiger charge is 2.22. The van der Waals surface area contributed by atoms with Crippen LogP contribution in [0.3, 0.4) is 0 Å². The fourth-order valence-corrected chi connectivity index (χ4v) is 1.84. The van der Waals surface area contributed by atoms with Gasteiger partial charge in [0.05, 0.1) is 0 Å². The normalized spacial score (nSPS) is 14.2. The lowest BCUT2D eigenvalue weighted by molar-refractivity contribution is -0.141. The van der Waals surface area contributed by atoms with Gasteiger partial charge in [0, 0.05) is 0 Å². The number of alkyl halides is 1. The van der Waals surface area contributed by atoms with Gasteiger partial charge < -0.3 is 14.2 Å². The molecule has 1 unspecified atom stereocenters.